The first-order valence-electron chi connectivity index (χ1n) is 5.26. The summed E-state index contributed by atoms with van der Waals surface area (Å²) in [6, 6.07) is 3.29. The molecule has 0 spiro atoms. The van der Waals surface area contributed by atoms with Gasteiger partial charge in [0.05, 0.1) is 11.4 Å². The monoisotopic (exact) mass is 333 g/mol. The van der Waals surface area contributed by atoms with Gasteiger partial charge in [-0.1, -0.05) is 11.6 Å². The first-order chi connectivity index (χ1) is 8.32. The highest BCUT2D eigenvalue weighted by atomic mass is 79.9. The molecule has 6 heteroatoms. The van der Waals surface area contributed by atoms with Gasteiger partial charge in [-0.15, -0.1) is 0 Å². The highest BCUT2D eigenvalue weighted by Crippen LogP contribution is 2.27. The SMILES string of the molecule is Cc1cc(C(=O)N(C)CCC(=O)O)cc(Cl)c1Br. The number of amides is 1. The van der Waals surface area contributed by atoms with Crippen molar-refractivity contribution in [2.24, 2.45) is 0 Å². The zero-order valence-electron chi connectivity index (χ0n) is 10.0. The van der Waals surface area contributed by atoms with Gasteiger partial charge < -0.3 is 10.0 Å². The molecule has 0 atom stereocenters. The number of benzene rings is 1. The van der Waals surface area contributed by atoms with E-state index in [1.165, 1.54) is 4.90 Å². The molecule has 0 aromatic heterocycles. The van der Waals surface area contributed by atoms with Crippen LogP contribution in [0, 0.1) is 6.92 Å². The molecule has 1 amide bonds. The van der Waals surface area contributed by atoms with Crippen LogP contribution in [0.2, 0.25) is 5.02 Å². The van der Waals surface area contributed by atoms with Crippen molar-refractivity contribution in [1.29, 1.82) is 0 Å². The summed E-state index contributed by atoms with van der Waals surface area (Å²) in [4.78, 5) is 23.9. The average molecular weight is 335 g/mol. The molecule has 1 N–H and O–H groups in total. The first kappa shape index (κ1) is 15.0. The minimum Gasteiger partial charge on any atom is -0.481 e. The number of carbonyl (C=O) groups excluding carboxylic acids is 1. The van der Waals surface area contributed by atoms with Crippen LogP contribution in [-0.4, -0.2) is 35.5 Å². The number of hydrogen-bond acceptors (Lipinski definition) is 2. The average Bonchev–Trinajstić information content (AvgIpc) is 2.31. The lowest BCUT2D eigenvalue weighted by molar-refractivity contribution is -0.137. The molecule has 0 bridgehead atoms. The molecule has 0 aliphatic carbocycles. The van der Waals surface area contributed by atoms with Gasteiger partial charge in [-0.25, -0.2) is 0 Å². The van der Waals surface area contributed by atoms with Crippen molar-refractivity contribution in [3.05, 3.63) is 32.8 Å². The fourth-order valence-electron chi connectivity index (χ4n) is 1.44. The number of aryl methyl sites for hydroxylation is 1. The molecule has 0 aliphatic heterocycles. The van der Waals surface area contributed by atoms with E-state index in [2.05, 4.69) is 15.9 Å². The second kappa shape index (κ2) is 6.20. The number of carboxylic acid groups (broad SMARTS) is 1. The summed E-state index contributed by atoms with van der Waals surface area (Å²) in [6.45, 7) is 2.00. The van der Waals surface area contributed by atoms with E-state index in [1.54, 1.807) is 19.2 Å². The van der Waals surface area contributed by atoms with Crippen LogP contribution in [0.5, 0.6) is 0 Å². The Hall–Kier alpha value is -1.07. The van der Waals surface area contributed by atoms with E-state index >= 15 is 0 Å². The van der Waals surface area contributed by atoms with Gasteiger partial charge in [-0.2, -0.15) is 0 Å². The van der Waals surface area contributed by atoms with Gasteiger partial charge in [0.2, 0.25) is 0 Å². The summed E-state index contributed by atoms with van der Waals surface area (Å²) in [5.41, 5.74) is 1.31. The highest BCUT2D eigenvalue weighted by Gasteiger charge is 2.15. The maximum Gasteiger partial charge on any atom is 0.305 e. The molecule has 1 aromatic rings. The van der Waals surface area contributed by atoms with Crippen LogP contribution in [0.3, 0.4) is 0 Å². The molecular formula is C12H13BrClNO3. The minimum absolute atomic E-state index is 0.0779. The molecule has 0 fully saturated rings. The molecule has 98 valence electrons. The Morgan fingerprint density at radius 2 is 2.06 bits per heavy atom. The Bertz CT molecular complexity index is 467. The van der Waals surface area contributed by atoms with Crippen molar-refractivity contribution in [2.45, 2.75) is 13.3 Å². The predicted octanol–water partition coefficient (Wildman–Crippen LogP) is 2.96. The van der Waals surface area contributed by atoms with Crippen LogP contribution in [0.25, 0.3) is 0 Å². The Morgan fingerprint density at radius 1 is 1.44 bits per heavy atom. The van der Waals surface area contributed by atoms with Crippen LogP contribution < -0.4 is 0 Å². The first-order valence-corrected chi connectivity index (χ1v) is 6.43. The van der Waals surface area contributed by atoms with E-state index in [0.717, 1.165) is 10.0 Å². The van der Waals surface area contributed by atoms with E-state index in [4.69, 9.17) is 16.7 Å². The Morgan fingerprint density at radius 3 is 2.56 bits per heavy atom. The van der Waals surface area contributed by atoms with Gasteiger partial charge in [0, 0.05) is 23.6 Å². The van der Waals surface area contributed by atoms with Crippen molar-refractivity contribution in [3.63, 3.8) is 0 Å². The molecule has 18 heavy (non-hydrogen) atoms. The molecular weight excluding hydrogens is 321 g/mol. The second-order valence-corrected chi connectivity index (χ2v) is 5.16. The van der Waals surface area contributed by atoms with E-state index < -0.39 is 5.97 Å². The summed E-state index contributed by atoms with van der Waals surface area (Å²) in [5, 5.41) is 9.04. The number of hydrogen-bond donors (Lipinski definition) is 1. The zero-order valence-corrected chi connectivity index (χ0v) is 12.4. The third kappa shape index (κ3) is 3.71. The molecule has 0 heterocycles. The van der Waals surface area contributed by atoms with Gasteiger partial charge in [0.1, 0.15) is 0 Å². The van der Waals surface area contributed by atoms with Crippen LogP contribution in [0.4, 0.5) is 0 Å². The van der Waals surface area contributed by atoms with E-state index in [9.17, 15) is 9.59 Å². The molecule has 1 aromatic carbocycles. The number of rotatable bonds is 4. The lowest BCUT2D eigenvalue weighted by Gasteiger charge is -2.17. The van der Waals surface area contributed by atoms with Crippen molar-refractivity contribution < 1.29 is 14.7 Å². The standard InChI is InChI=1S/C12H13BrClNO3/c1-7-5-8(6-9(14)11(7)13)12(18)15(2)4-3-10(16)17/h5-6H,3-4H2,1-2H3,(H,16,17). The number of halogens is 2. The largest absolute Gasteiger partial charge is 0.481 e. The van der Waals surface area contributed by atoms with E-state index in [0.29, 0.717) is 10.6 Å². The third-order valence-electron chi connectivity index (χ3n) is 2.46. The number of carboxylic acids is 1. The fraction of sp³-hybridized carbons (Fsp3) is 0.333. The molecule has 1 rings (SSSR count). The second-order valence-electron chi connectivity index (χ2n) is 3.96. The molecule has 4 nitrogen and oxygen atoms in total. The number of nitrogens with zero attached hydrogens (tertiary/aromatic N) is 1. The van der Waals surface area contributed by atoms with Gasteiger partial charge in [-0.05, 0) is 40.5 Å². The van der Waals surface area contributed by atoms with Crippen LogP contribution in [0.1, 0.15) is 22.3 Å². The van der Waals surface area contributed by atoms with Crippen LogP contribution in [0.15, 0.2) is 16.6 Å². The van der Waals surface area contributed by atoms with E-state index in [-0.39, 0.29) is 18.9 Å². The van der Waals surface area contributed by atoms with Crippen molar-refractivity contribution in [3.8, 4) is 0 Å². The smallest absolute Gasteiger partial charge is 0.305 e. The van der Waals surface area contributed by atoms with Crippen LogP contribution >= 0.6 is 27.5 Å². The Balaban J connectivity index is 2.87. The van der Waals surface area contributed by atoms with Crippen molar-refractivity contribution >= 4 is 39.4 Å². The predicted molar refractivity (Wildman–Crippen MR) is 73.1 cm³/mol. The summed E-state index contributed by atoms with van der Waals surface area (Å²) in [6.07, 6.45) is -0.0779. The third-order valence-corrected chi connectivity index (χ3v) is 4.04. The van der Waals surface area contributed by atoms with Gasteiger partial charge >= 0.3 is 5.97 Å². The summed E-state index contributed by atoms with van der Waals surface area (Å²) < 4.78 is 0.758. The van der Waals surface area contributed by atoms with Gasteiger partial charge in [0.15, 0.2) is 0 Å². The lowest BCUT2D eigenvalue weighted by atomic mass is 10.1. The summed E-state index contributed by atoms with van der Waals surface area (Å²) in [5.74, 6) is -1.17. The number of aliphatic carboxylic acids is 1. The molecule has 0 aliphatic rings. The van der Waals surface area contributed by atoms with E-state index in [1.807, 2.05) is 6.92 Å². The number of carbonyl (C=O) groups is 2. The van der Waals surface area contributed by atoms with Crippen molar-refractivity contribution in [1.82, 2.24) is 4.90 Å². The molecule has 0 radical (unpaired) electrons. The maximum atomic E-state index is 12.0. The molecule has 0 unspecified atom stereocenters. The van der Waals surface area contributed by atoms with Gasteiger partial charge in [-0.3, -0.25) is 9.59 Å². The topological polar surface area (TPSA) is 57.6 Å². The maximum absolute atomic E-state index is 12.0. The summed E-state index contributed by atoms with van der Waals surface area (Å²) in [7, 11) is 1.57. The summed E-state index contributed by atoms with van der Waals surface area (Å²) >= 11 is 9.30. The van der Waals surface area contributed by atoms with Gasteiger partial charge in [0.25, 0.3) is 5.91 Å². The fourth-order valence-corrected chi connectivity index (χ4v) is 1.93. The Kier molecular flexibility index (Phi) is 5.16. The quantitative estimate of drug-likeness (QED) is 0.921. The minimum atomic E-state index is -0.931. The Labute approximate surface area is 119 Å². The normalized spacial score (nSPS) is 10.2. The van der Waals surface area contributed by atoms with Crippen molar-refractivity contribution in [2.75, 3.05) is 13.6 Å². The highest BCUT2D eigenvalue weighted by molar-refractivity contribution is 9.10. The zero-order chi connectivity index (χ0) is 13.9. The molecule has 0 saturated heterocycles. The lowest BCUT2D eigenvalue weighted by Crippen LogP contribution is -2.29. The van der Waals surface area contributed by atoms with Crippen LogP contribution in [-0.2, 0) is 4.79 Å². The molecule has 0 saturated carbocycles.